The van der Waals surface area contributed by atoms with Gasteiger partial charge in [0.1, 0.15) is 0 Å². The predicted octanol–water partition coefficient (Wildman–Crippen LogP) is 3.27. The van der Waals surface area contributed by atoms with Gasteiger partial charge in [-0.1, -0.05) is 30.0 Å². The second kappa shape index (κ2) is 8.13. The first-order valence-electron chi connectivity index (χ1n) is 8.52. The van der Waals surface area contributed by atoms with Gasteiger partial charge >= 0.3 is 0 Å². The lowest BCUT2D eigenvalue weighted by molar-refractivity contribution is -0.127. The molecule has 0 N–H and O–H groups in total. The minimum Gasteiger partial charge on any atom is -0.459 e. The highest BCUT2D eigenvalue weighted by Crippen LogP contribution is 2.23. The van der Waals surface area contributed by atoms with Crippen molar-refractivity contribution in [2.45, 2.75) is 11.8 Å². The molecule has 28 heavy (non-hydrogen) atoms. The van der Waals surface area contributed by atoms with Gasteiger partial charge in [-0.2, -0.15) is 5.10 Å². The van der Waals surface area contributed by atoms with E-state index in [0.29, 0.717) is 23.4 Å². The van der Waals surface area contributed by atoms with Crippen molar-refractivity contribution in [3.05, 3.63) is 66.7 Å². The van der Waals surface area contributed by atoms with Gasteiger partial charge in [0.15, 0.2) is 5.76 Å². The fourth-order valence-electron chi connectivity index (χ4n) is 2.53. The van der Waals surface area contributed by atoms with Crippen LogP contribution in [-0.4, -0.2) is 43.6 Å². The molecule has 0 saturated heterocycles. The van der Waals surface area contributed by atoms with Crippen molar-refractivity contribution in [3.8, 4) is 17.3 Å². The van der Waals surface area contributed by atoms with Crippen LogP contribution in [0, 0.1) is 0 Å². The van der Waals surface area contributed by atoms with Gasteiger partial charge < -0.3 is 13.7 Å². The van der Waals surface area contributed by atoms with Crippen molar-refractivity contribution in [2.24, 2.45) is 0 Å². The first kappa shape index (κ1) is 18.1. The molecule has 0 atom stereocenters. The summed E-state index contributed by atoms with van der Waals surface area (Å²) in [7, 11) is 1.75. The fraction of sp³-hybridized carbons (Fsp3) is 0.158. The van der Waals surface area contributed by atoms with E-state index in [0.717, 1.165) is 11.3 Å². The number of aromatic nitrogens is 4. The zero-order chi connectivity index (χ0) is 19.3. The maximum Gasteiger partial charge on any atom is 0.284 e. The van der Waals surface area contributed by atoms with Crippen LogP contribution in [0.2, 0.25) is 0 Å². The minimum absolute atomic E-state index is 0.0461. The molecule has 4 rings (SSSR count). The number of hydrogen-bond acceptors (Lipinski definition) is 7. The van der Waals surface area contributed by atoms with Crippen molar-refractivity contribution in [1.82, 2.24) is 24.9 Å². The molecule has 0 aliphatic rings. The van der Waals surface area contributed by atoms with Crippen LogP contribution in [0.25, 0.3) is 17.3 Å². The molecular formula is C19H17N5O3S. The zero-order valence-electron chi connectivity index (χ0n) is 15.1. The van der Waals surface area contributed by atoms with Crippen LogP contribution in [-0.2, 0) is 11.3 Å². The highest BCUT2D eigenvalue weighted by Gasteiger charge is 2.15. The number of nitrogens with zero attached hydrogens (tertiary/aromatic N) is 5. The lowest BCUT2D eigenvalue weighted by atomic mass is 10.3. The number of thioether (sulfide) groups is 1. The van der Waals surface area contributed by atoms with Crippen LogP contribution in [0.4, 0.5) is 0 Å². The Balaban J connectivity index is 1.31. The Kier molecular flexibility index (Phi) is 5.24. The molecule has 4 aromatic rings. The summed E-state index contributed by atoms with van der Waals surface area (Å²) in [6, 6.07) is 13.3. The van der Waals surface area contributed by atoms with Crippen LogP contribution in [0.15, 0.2) is 75.2 Å². The maximum absolute atomic E-state index is 12.4. The molecule has 0 radical (unpaired) electrons. The third kappa shape index (κ3) is 4.15. The van der Waals surface area contributed by atoms with E-state index in [1.165, 1.54) is 18.0 Å². The highest BCUT2D eigenvalue weighted by molar-refractivity contribution is 7.99. The predicted molar refractivity (Wildman–Crippen MR) is 103 cm³/mol. The minimum atomic E-state index is -0.0461. The molecular weight excluding hydrogens is 378 g/mol. The maximum atomic E-state index is 12.4. The topological polar surface area (TPSA) is 90.2 Å². The average molecular weight is 395 g/mol. The summed E-state index contributed by atoms with van der Waals surface area (Å²) < 4.78 is 12.5. The van der Waals surface area contributed by atoms with Gasteiger partial charge in [-0.15, -0.1) is 10.2 Å². The van der Waals surface area contributed by atoms with Crippen molar-refractivity contribution < 1.29 is 13.6 Å². The summed E-state index contributed by atoms with van der Waals surface area (Å²) in [6.07, 6.45) is 5.21. The molecule has 0 saturated carbocycles. The summed E-state index contributed by atoms with van der Waals surface area (Å²) in [5, 5.41) is 12.5. The first-order chi connectivity index (χ1) is 13.7. The van der Waals surface area contributed by atoms with Gasteiger partial charge in [-0.3, -0.25) is 4.79 Å². The van der Waals surface area contributed by atoms with E-state index >= 15 is 0 Å². The van der Waals surface area contributed by atoms with Gasteiger partial charge in [0, 0.05) is 25.4 Å². The van der Waals surface area contributed by atoms with Crippen molar-refractivity contribution in [2.75, 3.05) is 12.8 Å². The zero-order valence-corrected chi connectivity index (χ0v) is 15.9. The molecule has 142 valence electrons. The Labute approximate surface area is 165 Å². The third-order valence-corrected chi connectivity index (χ3v) is 4.76. The van der Waals surface area contributed by atoms with E-state index in [-0.39, 0.29) is 11.7 Å². The average Bonchev–Trinajstić information content (AvgIpc) is 3.47. The number of rotatable bonds is 7. The van der Waals surface area contributed by atoms with E-state index in [4.69, 9.17) is 8.83 Å². The SMILES string of the molecule is CN(Cc1cnn(-c2ccccc2)c1)C(=O)CSc1nnc(-c2ccco2)o1. The Bertz CT molecular complexity index is 1040. The molecule has 3 aromatic heterocycles. The van der Waals surface area contributed by atoms with Crippen molar-refractivity contribution in [1.29, 1.82) is 0 Å². The van der Waals surface area contributed by atoms with Crippen molar-refractivity contribution in [3.63, 3.8) is 0 Å². The summed E-state index contributed by atoms with van der Waals surface area (Å²) in [5.74, 6) is 0.943. The fourth-order valence-corrected chi connectivity index (χ4v) is 3.23. The standard InChI is InChI=1S/C19H17N5O3S/c1-23(11-14-10-20-24(12-14)15-6-3-2-4-7-15)17(25)13-28-19-22-21-18(27-19)16-8-5-9-26-16/h2-10,12H,11,13H2,1H3. The van der Waals surface area contributed by atoms with Gasteiger partial charge in [-0.05, 0) is 24.3 Å². The molecule has 0 spiro atoms. The summed E-state index contributed by atoms with van der Waals surface area (Å²) >= 11 is 1.19. The number of benzene rings is 1. The molecule has 0 aliphatic heterocycles. The molecule has 0 bridgehead atoms. The molecule has 1 amide bonds. The summed E-state index contributed by atoms with van der Waals surface area (Å²) in [6.45, 7) is 0.466. The van der Waals surface area contributed by atoms with Gasteiger partial charge in [0.05, 0.1) is 23.9 Å². The monoisotopic (exact) mass is 395 g/mol. The van der Waals surface area contributed by atoms with E-state index in [2.05, 4.69) is 15.3 Å². The van der Waals surface area contributed by atoms with Crippen molar-refractivity contribution >= 4 is 17.7 Å². The molecule has 0 unspecified atom stereocenters. The van der Waals surface area contributed by atoms with E-state index in [9.17, 15) is 4.79 Å². The quantitative estimate of drug-likeness (QED) is 0.444. The summed E-state index contributed by atoms with van der Waals surface area (Å²) in [5.41, 5.74) is 1.92. The number of amides is 1. The highest BCUT2D eigenvalue weighted by atomic mass is 32.2. The smallest absolute Gasteiger partial charge is 0.284 e. The molecule has 3 heterocycles. The Morgan fingerprint density at radius 3 is 2.82 bits per heavy atom. The molecule has 0 aliphatic carbocycles. The van der Waals surface area contributed by atoms with E-state index in [1.807, 2.05) is 36.5 Å². The Morgan fingerprint density at radius 2 is 2.04 bits per heavy atom. The van der Waals surface area contributed by atoms with E-state index < -0.39 is 0 Å². The summed E-state index contributed by atoms with van der Waals surface area (Å²) in [4.78, 5) is 14.0. The van der Waals surface area contributed by atoms with Gasteiger partial charge in [0.25, 0.3) is 11.1 Å². The van der Waals surface area contributed by atoms with Crippen LogP contribution in [0.3, 0.4) is 0 Å². The normalized spacial score (nSPS) is 10.9. The number of carbonyl (C=O) groups excluding carboxylic acids is 1. The second-order valence-electron chi connectivity index (χ2n) is 6.02. The number of para-hydroxylation sites is 1. The van der Waals surface area contributed by atoms with Crippen LogP contribution in [0.5, 0.6) is 0 Å². The van der Waals surface area contributed by atoms with Gasteiger partial charge in [-0.25, -0.2) is 4.68 Å². The first-order valence-corrected chi connectivity index (χ1v) is 9.51. The Morgan fingerprint density at radius 1 is 1.18 bits per heavy atom. The van der Waals surface area contributed by atoms with Gasteiger partial charge in [0.2, 0.25) is 5.91 Å². The molecule has 8 nitrogen and oxygen atoms in total. The second-order valence-corrected chi connectivity index (χ2v) is 6.94. The lowest BCUT2D eigenvalue weighted by Gasteiger charge is -2.15. The number of hydrogen-bond donors (Lipinski definition) is 0. The molecule has 9 heteroatoms. The van der Waals surface area contributed by atoms with Crippen LogP contribution in [0.1, 0.15) is 5.56 Å². The number of carbonyl (C=O) groups is 1. The lowest BCUT2D eigenvalue weighted by Crippen LogP contribution is -2.27. The number of furan rings is 1. The third-order valence-electron chi connectivity index (χ3n) is 3.96. The van der Waals surface area contributed by atoms with E-state index in [1.54, 1.807) is 35.0 Å². The largest absolute Gasteiger partial charge is 0.459 e. The molecule has 0 fully saturated rings. The van der Waals surface area contributed by atoms with Crippen LogP contribution < -0.4 is 0 Å². The molecule has 1 aromatic carbocycles. The van der Waals surface area contributed by atoms with Crippen LogP contribution >= 0.6 is 11.8 Å². The Hall–Kier alpha value is -3.33.